The number of aryl methyl sites for hydroxylation is 1. The zero-order valence-corrected chi connectivity index (χ0v) is 14.8. The van der Waals surface area contributed by atoms with Crippen LogP contribution in [-0.2, 0) is 6.42 Å². The Balaban J connectivity index is 2.08. The number of carbonyl (C=O) groups excluding carboxylic acids is 1. The molecule has 0 bridgehead atoms. The van der Waals surface area contributed by atoms with Crippen LogP contribution in [0.3, 0.4) is 0 Å². The first-order chi connectivity index (χ1) is 11.7. The first-order valence-corrected chi connectivity index (χ1v) is 9.07. The molecular formula is C22H27FO. The summed E-state index contributed by atoms with van der Waals surface area (Å²) in [5, 5.41) is 0. The summed E-state index contributed by atoms with van der Waals surface area (Å²) in [7, 11) is 0. The fourth-order valence-electron chi connectivity index (χ4n) is 2.83. The van der Waals surface area contributed by atoms with E-state index in [1.165, 1.54) is 0 Å². The number of hydrogen-bond acceptors (Lipinski definition) is 1. The minimum atomic E-state index is -0.133. The maximum Gasteiger partial charge on any atom is 0.162 e. The summed E-state index contributed by atoms with van der Waals surface area (Å²) in [6, 6.07) is 13.0. The van der Waals surface area contributed by atoms with Crippen LogP contribution in [-0.4, -0.2) is 5.78 Å². The second-order valence-electron chi connectivity index (χ2n) is 6.37. The molecule has 0 spiro atoms. The van der Waals surface area contributed by atoms with Crippen LogP contribution in [0.1, 0.15) is 68.3 Å². The number of halogens is 1. The molecule has 0 saturated heterocycles. The van der Waals surface area contributed by atoms with Crippen molar-refractivity contribution >= 4 is 5.78 Å². The Bertz CT molecular complexity index is 658. The van der Waals surface area contributed by atoms with Gasteiger partial charge in [0.05, 0.1) is 0 Å². The predicted octanol–water partition coefficient (Wildman–Crippen LogP) is 6.60. The van der Waals surface area contributed by atoms with Gasteiger partial charge in [-0.15, -0.1) is 0 Å². The van der Waals surface area contributed by atoms with Gasteiger partial charge in [-0.05, 0) is 42.0 Å². The van der Waals surface area contributed by atoms with Crippen molar-refractivity contribution in [2.24, 2.45) is 0 Å². The number of ketones is 1. The highest BCUT2D eigenvalue weighted by Gasteiger charge is 2.08. The second-order valence-corrected chi connectivity index (χ2v) is 6.37. The molecule has 2 rings (SSSR count). The molecule has 0 aliphatic rings. The van der Waals surface area contributed by atoms with Gasteiger partial charge in [0.1, 0.15) is 5.82 Å². The van der Waals surface area contributed by atoms with Crippen LogP contribution < -0.4 is 0 Å². The lowest BCUT2D eigenvalue weighted by Gasteiger charge is -2.07. The molecule has 0 aromatic heterocycles. The van der Waals surface area contributed by atoms with E-state index in [9.17, 15) is 9.18 Å². The minimum Gasteiger partial charge on any atom is -0.294 e. The molecule has 2 heteroatoms. The van der Waals surface area contributed by atoms with Gasteiger partial charge >= 0.3 is 0 Å². The van der Waals surface area contributed by atoms with E-state index in [1.807, 2.05) is 36.4 Å². The third-order valence-electron chi connectivity index (χ3n) is 4.40. The van der Waals surface area contributed by atoms with Crippen molar-refractivity contribution in [2.75, 3.05) is 0 Å². The van der Waals surface area contributed by atoms with E-state index in [0.717, 1.165) is 60.8 Å². The van der Waals surface area contributed by atoms with E-state index in [0.29, 0.717) is 6.42 Å². The van der Waals surface area contributed by atoms with Crippen molar-refractivity contribution in [3.63, 3.8) is 0 Å². The van der Waals surface area contributed by atoms with Gasteiger partial charge in [0.15, 0.2) is 5.78 Å². The third-order valence-corrected chi connectivity index (χ3v) is 4.40. The second kappa shape index (κ2) is 9.36. The fraction of sp³-hybridized carbons (Fsp3) is 0.409. The van der Waals surface area contributed by atoms with Crippen LogP contribution in [0.4, 0.5) is 4.39 Å². The molecule has 1 nitrogen and oxygen atoms in total. The highest BCUT2D eigenvalue weighted by atomic mass is 19.1. The predicted molar refractivity (Wildman–Crippen MR) is 98.9 cm³/mol. The monoisotopic (exact) mass is 326 g/mol. The molecule has 0 aliphatic heterocycles. The van der Waals surface area contributed by atoms with Gasteiger partial charge < -0.3 is 0 Å². The summed E-state index contributed by atoms with van der Waals surface area (Å²) < 4.78 is 14.3. The molecule has 0 radical (unpaired) electrons. The normalized spacial score (nSPS) is 10.8. The zero-order valence-electron chi connectivity index (χ0n) is 14.8. The van der Waals surface area contributed by atoms with Crippen molar-refractivity contribution in [3.05, 3.63) is 59.4 Å². The first kappa shape index (κ1) is 18.4. The molecule has 0 heterocycles. The Kier molecular flexibility index (Phi) is 7.17. The van der Waals surface area contributed by atoms with Gasteiger partial charge in [-0.3, -0.25) is 4.79 Å². The molecule has 2 aromatic rings. The smallest absolute Gasteiger partial charge is 0.162 e. The molecule has 0 atom stereocenters. The van der Waals surface area contributed by atoms with Gasteiger partial charge in [0.2, 0.25) is 0 Å². The molecule has 128 valence electrons. The van der Waals surface area contributed by atoms with E-state index in [2.05, 4.69) is 13.8 Å². The molecule has 0 unspecified atom stereocenters. The van der Waals surface area contributed by atoms with E-state index < -0.39 is 0 Å². The third kappa shape index (κ3) is 5.02. The van der Waals surface area contributed by atoms with Crippen LogP contribution >= 0.6 is 0 Å². The van der Waals surface area contributed by atoms with Gasteiger partial charge in [-0.25, -0.2) is 4.39 Å². The minimum absolute atomic E-state index is 0.133. The van der Waals surface area contributed by atoms with E-state index in [-0.39, 0.29) is 11.6 Å². The molecule has 2 aromatic carbocycles. The Hall–Kier alpha value is -1.96. The number of benzene rings is 2. The van der Waals surface area contributed by atoms with Gasteiger partial charge in [0.25, 0.3) is 0 Å². The lowest BCUT2D eigenvalue weighted by molar-refractivity contribution is 0.0980. The zero-order chi connectivity index (χ0) is 17.4. The SMILES string of the molecule is CCCCCc1ccc(-c2ccc(C(=O)CCCC)cc2)cc1F. The Morgan fingerprint density at radius 2 is 1.54 bits per heavy atom. The van der Waals surface area contributed by atoms with Crippen LogP contribution in [0.25, 0.3) is 11.1 Å². The number of hydrogen-bond donors (Lipinski definition) is 0. The van der Waals surface area contributed by atoms with Crippen molar-refractivity contribution in [2.45, 2.75) is 58.8 Å². The highest BCUT2D eigenvalue weighted by molar-refractivity contribution is 5.96. The first-order valence-electron chi connectivity index (χ1n) is 9.07. The van der Waals surface area contributed by atoms with Crippen LogP contribution in [0, 0.1) is 5.82 Å². The summed E-state index contributed by atoms with van der Waals surface area (Å²) in [6.07, 6.45) is 6.64. The fourth-order valence-corrected chi connectivity index (χ4v) is 2.83. The van der Waals surface area contributed by atoms with Gasteiger partial charge in [0, 0.05) is 12.0 Å². The molecular weight excluding hydrogens is 299 g/mol. The average molecular weight is 326 g/mol. The standard InChI is InChI=1S/C22H27FO/c1-3-5-7-8-18-12-15-20(16-21(18)23)17-10-13-19(14-11-17)22(24)9-6-4-2/h10-16H,3-9H2,1-2H3. The molecule has 0 amide bonds. The van der Waals surface area contributed by atoms with Crippen LogP contribution in [0.15, 0.2) is 42.5 Å². The Labute approximate surface area is 144 Å². The topological polar surface area (TPSA) is 17.1 Å². The summed E-state index contributed by atoms with van der Waals surface area (Å²) in [5.74, 6) is 0.0487. The summed E-state index contributed by atoms with van der Waals surface area (Å²) in [6.45, 7) is 4.23. The molecule has 24 heavy (non-hydrogen) atoms. The number of rotatable bonds is 9. The quantitative estimate of drug-likeness (QED) is 0.375. The Morgan fingerprint density at radius 1 is 0.875 bits per heavy atom. The highest BCUT2D eigenvalue weighted by Crippen LogP contribution is 2.24. The lowest BCUT2D eigenvalue weighted by Crippen LogP contribution is -1.98. The molecule has 0 fully saturated rings. The largest absolute Gasteiger partial charge is 0.294 e. The van der Waals surface area contributed by atoms with Crippen LogP contribution in [0.2, 0.25) is 0 Å². The maximum atomic E-state index is 14.3. The Morgan fingerprint density at radius 3 is 2.17 bits per heavy atom. The number of carbonyl (C=O) groups is 1. The van der Waals surface area contributed by atoms with Crippen molar-refractivity contribution in [1.29, 1.82) is 0 Å². The van der Waals surface area contributed by atoms with E-state index in [4.69, 9.17) is 0 Å². The number of Topliss-reactive ketones (excluding diaryl/α,β-unsaturated/α-hetero) is 1. The average Bonchev–Trinajstić information content (AvgIpc) is 2.61. The maximum absolute atomic E-state index is 14.3. The molecule has 0 N–H and O–H groups in total. The summed E-state index contributed by atoms with van der Waals surface area (Å²) >= 11 is 0. The van der Waals surface area contributed by atoms with E-state index in [1.54, 1.807) is 6.07 Å². The van der Waals surface area contributed by atoms with Crippen molar-refractivity contribution in [1.82, 2.24) is 0 Å². The number of unbranched alkanes of at least 4 members (excludes halogenated alkanes) is 3. The lowest BCUT2D eigenvalue weighted by atomic mass is 9.98. The van der Waals surface area contributed by atoms with E-state index >= 15 is 0 Å². The van der Waals surface area contributed by atoms with Crippen LogP contribution in [0.5, 0.6) is 0 Å². The van der Waals surface area contributed by atoms with Gasteiger partial charge in [-0.2, -0.15) is 0 Å². The van der Waals surface area contributed by atoms with Crippen molar-refractivity contribution < 1.29 is 9.18 Å². The van der Waals surface area contributed by atoms with Crippen molar-refractivity contribution in [3.8, 4) is 11.1 Å². The summed E-state index contributed by atoms with van der Waals surface area (Å²) in [5.41, 5.74) is 3.34. The van der Waals surface area contributed by atoms with Gasteiger partial charge in [-0.1, -0.05) is 69.5 Å². The molecule has 0 aliphatic carbocycles. The summed E-state index contributed by atoms with van der Waals surface area (Å²) in [4.78, 5) is 12.0. The molecule has 0 saturated carbocycles.